The molecule has 0 aromatic heterocycles. The predicted molar refractivity (Wildman–Crippen MR) is 120 cm³/mol. The third kappa shape index (κ3) is 6.95. The molecule has 5 heteroatoms. The van der Waals surface area contributed by atoms with Gasteiger partial charge < -0.3 is 4.74 Å². The smallest absolute Gasteiger partial charge is 0.243 e. The molecule has 1 saturated carbocycles. The highest BCUT2D eigenvalue weighted by Crippen LogP contribution is 2.30. The van der Waals surface area contributed by atoms with Crippen molar-refractivity contribution in [1.29, 1.82) is 0 Å². The van der Waals surface area contributed by atoms with Crippen molar-refractivity contribution < 1.29 is 13.2 Å². The topological polar surface area (TPSA) is 46.6 Å². The van der Waals surface area contributed by atoms with Gasteiger partial charge in [-0.05, 0) is 51.7 Å². The standard InChI is InChI=1S/C24H35NO3S/c1-4-6-8-11-19-25(29(26,27)22-17-15-21(3)16-18-22)23-13-9-10-14-24(23)28-20-12-7-5-2/h4-6,8,11,15-18,23-24H,2,7,9-10,12-14,19-20H2,1,3H3/b6-4+,11-8+/t23-,24-/m1/s1. The second kappa shape index (κ2) is 12.1. The zero-order valence-corrected chi connectivity index (χ0v) is 18.6. The summed E-state index contributed by atoms with van der Waals surface area (Å²) in [5, 5.41) is 0. The van der Waals surface area contributed by atoms with Crippen molar-refractivity contribution in [3.63, 3.8) is 0 Å². The molecule has 0 radical (unpaired) electrons. The molecule has 1 aliphatic rings. The van der Waals surface area contributed by atoms with Gasteiger partial charge in [0.15, 0.2) is 0 Å². The number of allylic oxidation sites excluding steroid dienone is 4. The van der Waals surface area contributed by atoms with E-state index in [9.17, 15) is 8.42 Å². The first-order valence-electron chi connectivity index (χ1n) is 10.6. The maximum absolute atomic E-state index is 13.5. The number of nitrogens with zero attached hydrogens (tertiary/aromatic N) is 1. The van der Waals surface area contributed by atoms with Gasteiger partial charge in [-0.25, -0.2) is 8.42 Å². The van der Waals surface area contributed by atoms with Crippen molar-refractivity contribution >= 4 is 10.0 Å². The number of benzene rings is 1. The molecule has 0 amide bonds. The molecule has 0 N–H and O–H groups in total. The SMILES string of the molecule is C=CCCCO[C@@H]1CCCC[C@H]1N(C/C=C/C=C/C)S(=O)(=O)c1ccc(C)cc1. The van der Waals surface area contributed by atoms with Crippen molar-refractivity contribution in [2.75, 3.05) is 13.2 Å². The van der Waals surface area contributed by atoms with Crippen LogP contribution < -0.4 is 0 Å². The summed E-state index contributed by atoms with van der Waals surface area (Å²) in [6.07, 6.45) is 15.1. The van der Waals surface area contributed by atoms with Crippen molar-refractivity contribution in [3.05, 3.63) is 66.8 Å². The molecule has 1 aromatic rings. The van der Waals surface area contributed by atoms with E-state index < -0.39 is 10.0 Å². The molecular formula is C24H35NO3S. The highest BCUT2D eigenvalue weighted by atomic mass is 32.2. The number of aryl methyl sites for hydroxylation is 1. The van der Waals surface area contributed by atoms with Crippen LogP contribution in [0.25, 0.3) is 0 Å². The molecular weight excluding hydrogens is 382 g/mol. The van der Waals surface area contributed by atoms with E-state index in [1.807, 2.05) is 56.4 Å². The van der Waals surface area contributed by atoms with Crippen LogP contribution in [0.5, 0.6) is 0 Å². The maximum Gasteiger partial charge on any atom is 0.243 e. The zero-order chi connectivity index (χ0) is 21.1. The van der Waals surface area contributed by atoms with Crippen molar-refractivity contribution in [2.45, 2.75) is 69.4 Å². The van der Waals surface area contributed by atoms with E-state index in [2.05, 4.69) is 6.58 Å². The largest absolute Gasteiger partial charge is 0.377 e. The molecule has 0 saturated heterocycles. The predicted octanol–water partition coefficient (Wildman–Crippen LogP) is 5.41. The van der Waals surface area contributed by atoms with E-state index >= 15 is 0 Å². The lowest BCUT2D eigenvalue weighted by molar-refractivity contribution is -0.0142. The van der Waals surface area contributed by atoms with Crippen molar-refractivity contribution in [3.8, 4) is 0 Å². The summed E-state index contributed by atoms with van der Waals surface area (Å²) >= 11 is 0. The number of unbranched alkanes of at least 4 members (excludes halogenated alkanes) is 1. The fraction of sp³-hybridized carbons (Fsp3) is 0.500. The van der Waals surface area contributed by atoms with Crippen LogP contribution in [0.1, 0.15) is 51.0 Å². The quantitative estimate of drug-likeness (QED) is 0.275. The Labute approximate surface area is 177 Å². The van der Waals surface area contributed by atoms with Crippen LogP contribution in [0.15, 0.2) is 66.1 Å². The molecule has 1 aromatic carbocycles. The molecule has 160 valence electrons. The number of hydrogen-bond donors (Lipinski definition) is 0. The Balaban J connectivity index is 2.28. The van der Waals surface area contributed by atoms with E-state index in [0.29, 0.717) is 18.0 Å². The van der Waals surface area contributed by atoms with Gasteiger partial charge in [0.25, 0.3) is 0 Å². The average Bonchev–Trinajstić information content (AvgIpc) is 2.72. The van der Waals surface area contributed by atoms with Gasteiger partial charge >= 0.3 is 0 Å². The lowest BCUT2D eigenvalue weighted by Crippen LogP contribution is -2.49. The lowest BCUT2D eigenvalue weighted by atomic mass is 9.92. The summed E-state index contributed by atoms with van der Waals surface area (Å²) < 4.78 is 34.9. The van der Waals surface area contributed by atoms with Crippen LogP contribution in [0.3, 0.4) is 0 Å². The van der Waals surface area contributed by atoms with Gasteiger partial charge in [-0.15, -0.1) is 6.58 Å². The number of ether oxygens (including phenoxy) is 1. The summed E-state index contributed by atoms with van der Waals surface area (Å²) in [4.78, 5) is 0.346. The molecule has 2 rings (SSSR count). The minimum absolute atomic E-state index is 0.0658. The fourth-order valence-electron chi connectivity index (χ4n) is 3.68. The molecule has 1 aliphatic carbocycles. The van der Waals surface area contributed by atoms with Crippen molar-refractivity contribution in [2.24, 2.45) is 0 Å². The summed E-state index contributed by atoms with van der Waals surface area (Å²) in [6, 6.07) is 6.97. The molecule has 0 spiro atoms. The first-order chi connectivity index (χ1) is 14.0. The van der Waals surface area contributed by atoms with Crippen molar-refractivity contribution in [1.82, 2.24) is 4.31 Å². The van der Waals surface area contributed by atoms with Crippen LogP contribution in [0.2, 0.25) is 0 Å². The lowest BCUT2D eigenvalue weighted by Gasteiger charge is -2.38. The van der Waals surface area contributed by atoms with Crippen LogP contribution in [-0.2, 0) is 14.8 Å². The maximum atomic E-state index is 13.5. The van der Waals surface area contributed by atoms with Crippen LogP contribution in [0, 0.1) is 6.92 Å². The molecule has 0 bridgehead atoms. The van der Waals surface area contributed by atoms with Gasteiger partial charge in [-0.3, -0.25) is 0 Å². The molecule has 2 atom stereocenters. The Morgan fingerprint density at radius 1 is 1.17 bits per heavy atom. The highest BCUT2D eigenvalue weighted by Gasteiger charge is 2.37. The van der Waals surface area contributed by atoms with Gasteiger partial charge in [-0.2, -0.15) is 4.31 Å². The monoisotopic (exact) mass is 417 g/mol. The van der Waals surface area contributed by atoms with E-state index in [1.54, 1.807) is 16.4 Å². The molecule has 0 aliphatic heterocycles. The molecule has 0 unspecified atom stereocenters. The van der Waals surface area contributed by atoms with Gasteiger partial charge in [0, 0.05) is 13.2 Å². The van der Waals surface area contributed by atoms with Gasteiger partial charge in [0.1, 0.15) is 0 Å². The van der Waals surface area contributed by atoms with E-state index in [1.165, 1.54) is 0 Å². The van der Waals surface area contributed by atoms with E-state index in [0.717, 1.165) is 44.1 Å². The van der Waals surface area contributed by atoms with Gasteiger partial charge in [-0.1, -0.05) is 60.9 Å². The minimum Gasteiger partial charge on any atom is -0.377 e. The number of sulfonamides is 1. The minimum atomic E-state index is -3.61. The molecule has 29 heavy (non-hydrogen) atoms. The summed E-state index contributed by atoms with van der Waals surface area (Å²) in [5.41, 5.74) is 1.05. The third-order valence-corrected chi connectivity index (χ3v) is 7.18. The van der Waals surface area contributed by atoms with Crippen LogP contribution >= 0.6 is 0 Å². The summed E-state index contributed by atoms with van der Waals surface area (Å²) in [7, 11) is -3.61. The van der Waals surface area contributed by atoms with Gasteiger partial charge in [0.05, 0.1) is 17.0 Å². The molecule has 0 heterocycles. The Morgan fingerprint density at radius 2 is 1.90 bits per heavy atom. The highest BCUT2D eigenvalue weighted by molar-refractivity contribution is 7.89. The Bertz CT molecular complexity index is 781. The Hall–Kier alpha value is -1.69. The molecule has 4 nitrogen and oxygen atoms in total. The van der Waals surface area contributed by atoms with Crippen LogP contribution in [-0.4, -0.2) is 38.0 Å². The number of hydrogen-bond acceptors (Lipinski definition) is 3. The van der Waals surface area contributed by atoms with Crippen LogP contribution in [0.4, 0.5) is 0 Å². The third-order valence-electron chi connectivity index (χ3n) is 5.27. The second-order valence-corrected chi connectivity index (χ2v) is 9.42. The first-order valence-corrected chi connectivity index (χ1v) is 12.0. The van der Waals surface area contributed by atoms with Gasteiger partial charge in [0.2, 0.25) is 10.0 Å². The van der Waals surface area contributed by atoms with E-state index in [-0.39, 0.29) is 12.1 Å². The normalized spacial score (nSPS) is 20.7. The molecule has 1 fully saturated rings. The average molecular weight is 418 g/mol. The first kappa shape index (κ1) is 23.6. The fourth-order valence-corrected chi connectivity index (χ4v) is 5.31. The number of rotatable bonds is 11. The Kier molecular flexibility index (Phi) is 9.85. The second-order valence-electron chi connectivity index (χ2n) is 7.53. The summed E-state index contributed by atoms with van der Waals surface area (Å²) in [5.74, 6) is 0. The Morgan fingerprint density at radius 3 is 2.59 bits per heavy atom. The summed E-state index contributed by atoms with van der Waals surface area (Å²) in [6.45, 7) is 8.64. The van der Waals surface area contributed by atoms with E-state index in [4.69, 9.17) is 4.74 Å². The zero-order valence-electron chi connectivity index (χ0n) is 17.8.